The standard InChI is InChI=1S/C12H13N3O3/c1-7-3-8-5-13-14-11(8)9(4-7)12(18)15(2)6-10(16)17/h3-5H,6H2,1-2H3,(H,13,14)(H,16,17). The van der Waals surface area contributed by atoms with Crippen molar-refractivity contribution in [1.82, 2.24) is 15.1 Å². The monoisotopic (exact) mass is 247 g/mol. The number of likely N-dealkylation sites (N-methyl/N-ethyl adjacent to an activating group) is 1. The van der Waals surface area contributed by atoms with Gasteiger partial charge in [0.25, 0.3) is 5.91 Å². The molecule has 0 atom stereocenters. The highest BCUT2D eigenvalue weighted by atomic mass is 16.4. The Morgan fingerprint density at radius 3 is 2.83 bits per heavy atom. The van der Waals surface area contributed by atoms with Crippen LogP contribution in [0.25, 0.3) is 10.9 Å². The number of rotatable bonds is 3. The van der Waals surface area contributed by atoms with Crippen LogP contribution in [0, 0.1) is 6.92 Å². The first kappa shape index (κ1) is 12.1. The largest absolute Gasteiger partial charge is 0.480 e. The van der Waals surface area contributed by atoms with Gasteiger partial charge in [-0.3, -0.25) is 14.7 Å². The van der Waals surface area contributed by atoms with Gasteiger partial charge in [0.1, 0.15) is 6.54 Å². The first-order valence-electron chi connectivity index (χ1n) is 5.40. The minimum Gasteiger partial charge on any atom is -0.480 e. The highest BCUT2D eigenvalue weighted by Gasteiger charge is 2.18. The summed E-state index contributed by atoms with van der Waals surface area (Å²) >= 11 is 0. The molecule has 0 radical (unpaired) electrons. The number of nitrogens with one attached hydrogen (secondary N) is 1. The van der Waals surface area contributed by atoms with Gasteiger partial charge in [-0.25, -0.2) is 0 Å². The SMILES string of the molecule is Cc1cc(C(=O)N(C)CC(=O)O)c2[nH]ncc2c1. The van der Waals surface area contributed by atoms with Gasteiger partial charge in [0.2, 0.25) is 0 Å². The number of benzene rings is 1. The summed E-state index contributed by atoms with van der Waals surface area (Å²) in [4.78, 5) is 23.9. The second-order valence-corrected chi connectivity index (χ2v) is 4.20. The number of fused-ring (bicyclic) bond motifs is 1. The first-order chi connectivity index (χ1) is 8.49. The van der Waals surface area contributed by atoms with E-state index in [1.807, 2.05) is 13.0 Å². The highest BCUT2D eigenvalue weighted by molar-refractivity contribution is 6.06. The Morgan fingerprint density at radius 2 is 2.17 bits per heavy atom. The number of amides is 1. The molecule has 0 saturated carbocycles. The van der Waals surface area contributed by atoms with Crippen molar-refractivity contribution in [2.45, 2.75) is 6.92 Å². The molecule has 18 heavy (non-hydrogen) atoms. The topological polar surface area (TPSA) is 86.3 Å². The zero-order valence-corrected chi connectivity index (χ0v) is 10.1. The Morgan fingerprint density at radius 1 is 1.44 bits per heavy atom. The van der Waals surface area contributed by atoms with E-state index in [0.29, 0.717) is 11.1 Å². The van der Waals surface area contributed by atoms with Crippen LogP contribution in [0.1, 0.15) is 15.9 Å². The van der Waals surface area contributed by atoms with E-state index in [1.165, 1.54) is 7.05 Å². The van der Waals surface area contributed by atoms with Crippen molar-refractivity contribution < 1.29 is 14.7 Å². The fourth-order valence-corrected chi connectivity index (χ4v) is 1.86. The molecule has 0 bridgehead atoms. The molecule has 6 heteroatoms. The average molecular weight is 247 g/mol. The van der Waals surface area contributed by atoms with Gasteiger partial charge in [-0.1, -0.05) is 0 Å². The van der Waals surface area contributed by atoms with Gasteiger partial charge in [0.15, 0.2) is 0 Å². The minimum absolute atomic E-state index is 0.331. The van der Waals surface area contributed by atoms with Crippen molar-refractivity contribution in [3.63, 3.8) is 0 Å². The van der Waals surface area contributed by atoms with Gasteiger partial charge in [0.05, 0.1) is 17.3 Å². The summed E-state index contributed by atoms with van der Waals surface area (Å²) in [6.07, 6.45) is 1.64. The van der Waals surface area contributed by atoms with Crippen molar-refractivity contribution in [3.05, 3.63) is 29.5 Å². The molecule has 1 amide bonds. The Balaban J connectivity index is 2.43. The van der Waals surface area contributed by atoms with E-state index in [9.17, 15) is 9.59 Å². The number of H-pyrrole nitrogens is 1. The van der Waals surface area contributed by atoms with Gasteiger partial charge in [-0.05, 0) is 24.6 Å². The van der Waals surface area contributed by atoms with Crippen LogP contribution in [0.3, 0.4) is 0 Å². The molecule has 0 aliphatic carbocycles. The molecular formula is C12H13N3O3. The number of carbonyl (C=O) groups excluding carboxylic acids is 1. The van der Waals surface area contributed by atoms with E-state index in [0.717, 1.165) is 15.8 Å². The van der Waals surface area contributed by atoms with Crippen molar-refractivity contribution in [2.75, 3.05) is 13.6 Å². The fraction of sp³-hybridized carbons (Fsp3) is 0.250. The molecule has 2 aromatic rings. The van der Waals surface area contributed by atoms with Gasteiger partial charge >= 0.3 is 5.97 Å². The Bertz CT molecular complexity index is 618. The molecule has 0 fully saturated rings. The zero-order chi connectivity index (χ0) is 13.3. The lowest BCUT2D eigenvalue weighted by molar-refractivity contribution is -0.137. The fourth-order valence-electron chi connectivity index (χ4n) is 1.86. The predicted molar refractivity (Wildman–Crippen MR) is 65.4 cm³/mol. The molecule has 1 heterocycles. The molecular weight excluding hydrogens is 234 g/mol. The number of nitrogens with zero attached hydrogens (tertiary/aromatic N) is 2. The van der Waals surface area contributed by atoms with Crippen LogP contribution in [0.2, 0.25) is 0 Å². The summed E-state index contributed by atoms with van der Waals surface area (Å²) in [7, 11) is 1.46. The molecule has 0 aliphatic rings. The van der Waals surface area contributed by atoms with E-state index < -0.39 is 5.97 Å². The zero-order valence-electron chi connectivity index (χ0n) is 10.1. The Kier molecular flexibility index (Phi) is 3.01. The van der Waals surface area contributed by atoms with E-state index in [1.54, 1.807) is 12.3 Å². The summed E-state index contributed by atoms with van der Waals surface area (Å²) in [5, 5.41) is 16.2. The van der Waals surface area contributed by atoms with Gasteiger partial charge in [-0.15, -0.1) is 0 Å². The average Bonchev–Trinajstić information content (AvgIpc) is 2.73. The summed E-state index contributed by atoms with van der Waals surface area (Å²) in [6.45, 7) is 1.54. The summed E-state index contributed by atoms with van der Waals surface area (Å²) in [5.74, 6) is -1.38. The molecule has 2 rings (SSSR count). The number of carboxylic acid groups (broad SMARTS) is 1. The van der Waals surface area contributed by atoms with E-state index >= 15 is 0 Å². The van der Waals surface area contributed by atoms with Crippen LogP contribution in [0.4, 0.5) is 0 Å². The summed E-state index contributed by atoms with van der Waals surface area (Å²) in [5.41, 5.74) is 1.99. The number of aryl methyl sites for hydroxylation is 1. The third-order valence-corrected chi connectivity index (χ3v) is 2.64. The van der Waals surface area contributed by atoms with Crippen molar-refractivity contribution >= 4 is 22.8 Å². The third-order valence-electron chi connectivity index (χ3n) is 2.64. The highest BCUT2D eigenvalue weighted by Crippen LogP contribution is 2.19. The van der Waals surface area contributed by atoms with Gasteiger partial charge in [-0.2, -0.15) is 5.10 Å². The van der Waals surface area contributed by atoms with Crippen LogP contribution in [-0.4, -0.2) is 45.7 Å². The summed E-state index contributed by atoms with van der Waals surface area (Å²) in [6, 6.07) is 3.63. The molecule has 6 nitrogen and oxygen atoms in total. The van der Waals surface area contributed by atoms with Crippen LogP contribution in [-0.2, 0) is 4.79 Å². The lowest BCUT2D eigenvalue weighted by Crippen LogP contribution is -2.32. The number of carboxylic acids is 1. The second-order valence-electron chi connectivity index (χ2n) is 4.20. The quantitative estimate of drug-likeness (QED) is 0.848. The lowest BCUT2D eigenvalue weighted by atomic mass is 10.1. The number of hydrogen-bond acceptors (Lipinski definition) is 3. The third kappa shape index (κ3) is 2.17. The smallest absolute Gasteiger partial charge is 0.323 e. The van der Waals surface area contributed by atoms with Crippen molar-refractivity contribution in [1.29, 1.82) is 0 Å². The van der Waals surface area contributed by atoms with Gasteiger partial charge < -0.3 is 10.0 Å². The lowest BCUT2D eigenvalue weighted by Gasteiger charge is -2.15. The van der Waals surface area contributed by atoms with Gasteiger partial charge in [0, 0.05) is 12.4 Å². The second kappa shape index (κ2) is 4.48. The Labute approximate surface area is 103 Å². The minimum atomic E-state index is -1.04. The first-order valence-corrected chi connectivity index (χ1v) is 5.40. The number of carbonyl (C=O) groups is 2. The van der Waals surface area contributed by atoms with E-state index in [2.05, 4.69) is 10.2 Å². The number of aromatic nitrogens is 2. The summed E-state index contributed by atoms with van der Waals surface area (Å²) < 4.78 is 0. The molecule has 0 spiro atoms. The maximum absolute atomic E-state index is 12.2. The number of aliphatic carboxylic acids is 1. The molecule has 0 unspecified atom stereocenters. The van der Waals surface area contributed by atoms with E-state index in [-0.39, 0.29) is 12.5 Å². The molecule has 1 aromatic carbocycles. The normalized spacial score (nSPS) is 10.6. The molecule has 1 aromatic heterocycles. The maximum Gasteiger partial charge on any atom is 0.323 e. The molecule has 2 N–H and O–H groups in total. The van der Waals surface area contributed by atoms with Crippen LogP contribution < -0.4 is 0 Å². The number of aromatic amines is 1. The van der Waals surface area contributed by atoms with Crippen LogP contribution in [0.15, 0.2) is 18.3 Å². The van der Waals surface area contributed by atoms with Crippen molar-refractivity contribution in [2.24, 2.45) is 0 Å². The van der Waals surface area contributed by atoms with E-state index in [4.69, 9.17) is 5.11 Å². The molecule has 0 aliphatic heterocycles. The van der Waals surface area contributed by atoms with Crippen LogP contribution in [0.5, 0.6) is 0 Å². The Hall–Kier alpha value is -2.37. The van der Waals surface area contributed by atoms with Crippen molar-refractivity contribution in [3.8, 4) is 0 Å². The van der Waals surface area contributed by atoms with Crippen LogP contribution >= 0.6 is 0 Å². The molecule has 0 saturated heterocycles. The molecule has 94 valence electrons. The predicted octanol–water partition coefficient (Wildman–Crippen LogP) is 1.03. The maximum atomic E-state index is 12.2. The number of hydrogen-bond donors (Lipinski definition) is 2.